The monoisotopic (exact) mass is 373 g/mol. The molecular weight excluding hydrogens is 357 g/mol. The van der Waals surface area contributed by atoms with Crippen LogP contribution < -0.4 is 11.2 Å². The molecule has 0 aliphatic carbocycles. The maximum atomic E-state index is 11.9. The summed E-state index contributed by atoms with van der Waals surface area (Å²) in [6, 6.07) is 5.04. The van der Waals surface area contributed by atoms with Crippen molar-refractivity contribution in [2.75, 3.05) is 12.4 Å². The molecule has 23 heavy (non-hydrogen) atoms. The third-order valence-corrected chi connectivity index (χ3v) is 4.64. The highest BCUT2D eigenvalue weighted by molar-refractivity contribution is 8.00. The molecule has 6 nitrogen and oxygen atoms in total. The number of carbonyl (C=O) groups excluding carboxylic acids is 1. The van der Waals surface area contributed by atoms with Gasteiger partial charge in [0.15, 0.2) is 5.82 Å². The van der Waals surface area contributed by atoms with Crippen molar-refractivity contribution in [3.8, 4) is 11.4 Å². The van der Waals surface area contributed by atoms with Crippen molar-refractivity contribution in [3.63, 3.8) is 0 Å². The number of hydrogen-bond donors (Lipinski definition) is 2. The van der Waals surface area contributed by atoms with Gasteiger partial charge < -0.3 is 11.2 Å². The molecule has 0 spiro atoms. The van der Waals surface area contributed by atoms with Gasteiger partial charge in [-0.05, 0) is 31.5 Å². The Balaban J connectivity index is 2.17. The number of carbonyl (C=O) groups is 1. The Morgan fingerprint density at radius 2 is 2.17 bits per heavy atom. The van der Waals surface area contributed by atoms with Crippen LogP contribution in [0.25, 0.3) is 11.4 Å². The minimum atomic E-state index is -0.332. The lowest BCUT2D eigenvalue weighted by Gasteiger charge is -2.11. The molecule has 0 saturated heterocycles. The van der Waals surface area contributed by atoms with E-state index in [1.165, 1.54) is 16.4 Å². The molecule has 2 rings (SSSR count). The van der Waals surface area contributed by atoms with Crippen molar-refractivity contribution in [3.05, 3.63) is 28.2 Å². The molecule has 9 heteroatoms. The van der Waals surface area contributed by atoms with Crippen molar-refractivity contribution < 1.29 is 4.79 Å². The molecule has 1 unspecified atom stereocenters. The van der Waals surface area contributed by atoms with Crippen LogP contribution in [0, 0.1) is 0 Å². The quantitative estimate of drug-likeness (QED) is 0.600. The summed E-state index contributed by atoms with van der Waals surface area (Å²) >= 11 is 13.3. The lowest BCUT2D eigenvalue weighted by molar-refractivity contribution is -0.120. The van der Waals surface area contributed by atoms with Gasteiger partial charge >= 0.3 is 0 Å². The van der Waals surface area contributed by atoms with Gasteiger partial charge in [0.25, 0.3) is 0 Å². The Hall–Kier alpha value is -1.44. The largest absolute Gasteiger partial charge is 0.355 e. The maximum Gasteiger partial charge on any atom is 0.233 e. The lowest BCUT2D eigenvalue weighted by atomic mass is 10.2. The first kappa shape index (κ1) is 17.9. The summed E-state index contributed by atoms with van der Waals surface area (Å²) in [5, 5.41) is 12.0. The minimum absolute atomic E-state index is 0.0640. The number of benzene rings is 1. The minimum Gasteiger partial charge on any atom is -0.355 e. The first-order chi connectivity index (χ1) is 10.9. The lowest BCUT2D eigenvalue weighted by Crippen LogP contribution is -2.31. The molecule has 1 amide bonds. The van der Waals surface area contributed by atoms with Gasteiger partial charge in [0.2, 0.25) is 11.1 Å². The number of amides is 1. The summed E-state index contributed by atoms with van der Waals surface area (Å²) in [7, 11) is 0. The van der Waals surface area contributed by atoms with Gasteiger partial charge in [-0.15, -0.1) is 10.2 Å². The van der Waals surface area contributed by atoms with E-state index in [0.29, 0.717) is 33.1 Å². The third-order valence-electron chi connectivity index (χ3n) is 3.04. The second-order valence-electron chi connectivity index (χ2n) is 4.85. The Morgan fingerprint density at radius 3 is 2.83 bits per heavy atom. The first-order valence-electron chi connectivity index (χ1n) is 7.04. The highest BCUT2D eigenvalue weighted by Gasteiger charge is 2.20. The summed E-state index contributed by atoms with van der Waals surface area (Å²) < 4.78 is 1.32. The Kier molecular flexibility index (Phi) is 6.15. The predicted octanol–water partition coefficient (Wildman–Crippen LogP) is 2.97. The van der Waals surface area contributed by atoms with E-state index in [2.05, 4.69) is 15.5 Å². The van der Waals surface area contributed by atoms with Crippen LogP contribution in [0.3, 0.4) is 0 Å². The molecule has 0 saturated carbocycles. The molecule has 0 aliphatic heterocycles. The summed E-state index contributed by atoms with van der Waals surface area (Å²) in [6.07, 6.45) is 0.884. The molecule has 0 bridgehead atoms. The maximum absolute atomic E-state index is 11.9. The molecular formula is C14H17Cl2N5OS. The van der Waals surface area contributed by atoms with Crippen molar-refractivity contribution in [2.24, 2.45) is 0 Å². The zero-order chi connectivity index (χ0) is 17.0. The number of hydrogen-bond acceptors (Lipinski definition) is 5. The number of nitrogen functional groups attached to an aromatic ring is 1. The Morgan fingerprint density at radius 1 is 1.43 bits per heavy atom. The summed E-state index contributed by atoms with van der Waals surface area (Å²) in [4.78, 5) is 11.9. The van der Waals surface area contributed by atoms with Crippen LogP contribution in [0.2, 0.25) is 10.0 Å². The number of rotatable bonds is 6. The van der Waals surface area contributed by atoms with Gasteiger partial charge in [-0.2, -0.15) is 0 Å². The molecule has 0 aliphatic rings. The average molecular weight is 374 g/mol. The number of nitrogens with one attached hydrogen (secondary N) is 1. The van der Waals surface area contributed by atoms with E-state index < -0.39 is 0 Å². The van der Waals surface area contributed by atoms with Crippen LogP contribution in [0.4, 0.5) is 0 Å². The third kappa shape index (κ3) is 4.31. The first-order valence-corrected chi connectivity index (χ1v) is 8.67. The van der Waals surface area contributed by atoms with E-state index in [1.807, 2.05) is 6.92 Å². The fourth-order valence-corrected chi connectivity index (χ4v) is 3.10. The van der Waals surface area contributed by atoms with Gasteiger partial charge in [-0.1, -0.05) is 41.9 Å². The molecule has 0 radical (unpaired) electrons. The predicted molar refractivity (Wildman–Crippen MR) is 94.2 cm³/mol. The standard InChI is InChI=1S/C14H17Cl2N5OS/c1-3-6-18-13(22)8(2)23-14-20-19-12(21(14)17)10-5-4-9(15)7-11(10)16/h4-5,7-8H,3,6,17H2,1-2H3,(H,18,22). The molecule has 1 aromatic heterocycles. The highest BCUT2D eigenvalue weighted by Crippen LogP contribution is 2.31. The number of thioether (sulfide) groups is 1. The normalized spacial score (nSPS) is 12.2. The van der Waals surface area contributed by atoms with Gasteiger partial charge in [-0.25, -0.2) is 4.68 Å². The van der Waals surface area contributed by atoms with E-state index >= 15 is 0 Å². The number of halogens is 2. The van der Waals surface area contributed by atoms with E-state index in [9.17, 15) is 4.79 Å². The van der Waals surface area contributed by atoms with Crippen LogP contribution in [-0.4, -0.2) is 32.6 Å². The fourth-order valence-electron chi connectivity index (χ4n) is 1.82. The summed E-state index contributed by atoms with van der Waals surface area (Å²) in [5.41, 5.74) is 0.626. The van der Waals surface area contributed by atoms with Crippen LogP contribution in [0.5, 0.6) is 0 Å². The van der Waals surface area contributed by atoms with E-state index in [4.69, 9.17) is 29.0 Å². The van der Waals surface area contributed by atoms with Gasteiger partial charge in [0, 0.05) is 17.1 Å². The average Bonchev–Trinajstić information content (AvgIpc) is 2.86. The SMILES string of the molecule is CCCNC(=O)C(C)Sc1nnc(-c2ccc(Cl)cc2Cl)n1N. The molecule has 2 aromatic rings. The van der Waals surface area contributed by atoms with Crippen molar-refractivity contribution >= 4 is 40.9 Å². The van der Waals surface area contributed by atoms with Crippen LogP contribution >= 0.6 is 35.0 Å². The van der Waals surface area contributed by atoms with Gasteiger partial charge in [0.05, 0.1) is 10.3 Å². The zero-order valence-electron chi connectivity index (χ0n) is 12.7. The second kappa shape index (κ2) is 7.90. The Bertz CT molecular complexity index is 706. The van der Waals surface area contributed by atoms with Crippen molar-refractivity contribution in [1.29, 1.82) is 0 Å². The molecule has 3 N–H and O–H groups in total. The highest BCUT2D eigenvalue weighted by atomic mass is 35.5. The van der Waals surface area contributed by atoms with E-state index in [-0.39, 0.29) is 11.2 Å². The number of nitrogens with zero attached hydrogens (tertiary/aromatic N) is 3. The molecule has 0 fully saturated rings. The molecule has 1 atom stereocenters. The zero-order valence-corrected chi connectivity index (χ0v) is 15.0. The van der Waals surface area contributed by atoms with Crippen LogP contribution in [0.1, 0.15) is 20.3 Å². The molecule has 1 heterocycles. The van der Waals surface area contributed by atoms with Gasteiger partial charge in [-0.3, -0.25) is 4.79 Å². The molecule has 1 aromatic carbocycles. The summed E-state index contributed by atoms with van der Waals surface area (Å²) in [6.45, 7) is 4.43. The topological polar surface area (TPSA) is 85.8 Å². The second-order valence-corrected chi connectivity index (χ2v) is 7.00. The van der Waals surface area contributed by atoms with Crippen LogP contribution in [0.15, 0.2) is 23.4 Å². The van der Waals surface area contributed by atoms with Gasteiger partial charge in [0.1, 0.15) is 0 Å². The van der Waals surface area contributed by atoms with E-state index in [1.54, 1.807) is 25.1 Å². The molecule has 124 valence electrons. The fraction of sp³-hybridized carbons (Fsp3) is 0.357. The smallest absolute Gasteiger partial charge is 0.233 e. The van der Waals surface area contributed by atoms with Crippen molar-refractivity contribution in [1.82, 2.24) is 20.2 Å². The summed E-state index contributed by atoms with van der Waals surface area (Å²) in [5.74, 6) is 6.39. The van der Waals surface area contributed by atoms with Crippen LogP contribution in [-0.2, 0) is 4.79 Å². The van der Waals surface area contributed by atoms with Crippen molar-refractivity contribution in [2.45, 2.75) is 30.7 Å². The number of nitrogens with two attached hydrogens (primary N) is 1. The Labute approximate surface area is 148 Å². The van der Waals surface area contributed by atoms with E-state index in [0.717, 1.165) is 6.42 Å². The number of aromatic nitrogens is 3.